The van der Waals surface area contributed by atoms with Gasteiger partial charge in [-0.05, 0) is 17.7 Å². The fraction of sp³-hybridized carbons (Fsp3) is 0.176. The first kappa shape index (κ1) is 16.5. The van der Waals surface area contributed by atoms with Gasteiger partial charge in [0.05, 0.1) is 19.3 Å². The number of carboxylic acids is 1. The summed E-state index contributed by atoms with van der Waals surface area (Å²) >= 11 is 0. The van der Waals surface area contributed by atoms with E-state index >= 15 is 0 Å². The van der Waals surface area contributed by atoms with Crippen molar-refractivity contribution in [3.63, 3.8) is 0 Å². The Kier molecular flexibility index (Phi) is 5.32. The minimum atomic E-state index is -1.36. The fourth-order valence-electron chi connectivity index (χ4n) is 2.21. The van der Waals surface area contributed by atoms with Crippen LogP contribution in [0.1, 0.15) is 10.4 Å². The average molecular weight is 315 g/mol. The van der Waals surface area contributed by atoms with Gasteiger partial charge in [0, 0.05) is 5.56 Å². The molecule has 0 aliphatic rings. The van der Waals surface area contributed by atoms with E-state index in [1.54, 1.807) is 18.2 Å². The van der Waals surface area contributed by atoms with Gasteiger partial charge >= 0.3 is 5.97 Å². The molecule has 23 heavy (non-hydrogen) atoms. The van der Waals surface area contributed by atoms with Crippen LogP contribution in [0.4, 0.5) is 0 Å². The topological polar surface area (TPSA) is 95.9 Å². The first-order chi connectivity index (χ1) is 11.1. The zero-order valence-electron chi connectivity index (χ0n) is 12.5. The standard InChI is InChI=1S/C17H17NO5/c1-23-14-9-5-8-12(15(14)11-6-3-2-4-7-11)16(20)18-13(10-19)17(21)22/h2-9,13,19H,10H2,1H3,(H,18,20)(H,21,22)/t13-/m0/s1. The van der Waals surface area contributed by atoms with Crippen LogP contribution in [0.3, 0.4) is 0 Å². The molecule has 0 radical (unpaired) electrons. The molecule has 1 atom stereocenters. The highest BCUT2D eigenvalue weighted by Crippen LogP contribution is 2.33. The van der Waals surface area contributed by atoms with Gasteiger partial charge in [0.2, 0.25) is 0 Å². The van der Waals surface area contributed by atoms with Gasteiger partial charge < -0.3 is 20.3 Å². The Hall–Kier alpha value is -2.86. The lowest BCUT2D eigenvalue weighted by atomic mass is 9.97. The summed E-state index contributed by atoms with van der Waals surface area (Å²) in [6.07, 6.45) is 0. The van der Waals surface area contributed by atoms with Crippen LogP contribution in [0.25, 0.3) is 11.1 Å². The normalized spacial score (nSPS) is 11.6. The van der Waals surface area contributed by atoms with Crippen molar-refractivity contribution in [2.24, 2.45) is 0 Å². The molecule has 0 spiro atoms. The number of aliphatic hydroxyl groups excluding tert-OH is 1. The molecule has 1 amide bonds. The zero-order chi connectivity index (χ0) is 16.8. The highest BCUT2D eigenvalue weighted by molar-refractivity contribution is 6.03. The molecule has 0 heterocycles. The van der Waals surface area contributed by atoms with Crippen LogP contribution in [0.5, 0.6) is 5.75 Å². The number of hydrogen-bond acceptors (Lipinski definition) is 4. The molecule has 0 aliphatic carbocycles. The number of ether oxygens (including phenoxy) is 1. The van der Waals surface area contributed by atoms with Gasteiger partial charge in [-0.1, -0.05) is 36.4 Å². The monoisotopic (exact) mass is 315 g/mol. The number of rotatable bonds is 6. The van der Waals surface area contributed by atoms with Gasteiger partial charge in [0.1, 0.15) is 5.75 Å². The Morgan fingerprint density at radius 1 is 1.13 bits per heavy atom. The third-order valence-electron chi connectivity index (χ3n) is 3.34. The number of benzene rings is 2. The first-order valence-corrected chi connectivity index (χ1v) is 6.95. The van der Waals surface area contributed by atoms with Gasteiger partial charge in [0.25, 0.3) is 5.91 Å². The Morgan fingerprint density at radius 3 is 2.39 bits per heavy atom. The van der Waals surface area contributed by atoms with Crippen LogP contribution < -0.4 is 10.1 Å². The van der Waals surface area contributed by atoms with Gasteiger partial charge in [-0.15, -0.1) is 0 Å². The molecule has 2 rings (SSSR count). The van der Waals surface area contributed by atoms with Crippen molar-refractivity contribution < 1.29 is 24.5 Å². The molecule has 6 heteroatoms. The lowest BCUT2D eigenvalue weighted by Gasteiger charge is -2.16. The first-order valence-electron chi connectivity index (χ1n) is 6.95. The van der Waals surface area contributed by atoms with Crippen molar-refractivity contribution in [1.82, 2.24) is 5.32 Å². The smallest absolute Gasteiger partial charge is 0.328 e. The lowest BCUT2D eigenvalue weighted by Crippen LogP contribution is -2.43. The molecule has 0 saturated heterocycles. The lowest BCUT2D eigenvalue weighted by molar-refractivity contribution is -0.140. The summed E-state index contributed by atoms with van der Waals surface area (Å²) in [7, 11) is 1.50. The van der Waals surface area contributed by atoms with Crippen LogP contribution in [0, 0.1) is 0 Å². The van der Waals surface area contributed by atoms with E-state index in [1.807, 2.05) is 30.3 Å². The van der Waals surface area contributed by atoms with E-state index in [-0.39, 0.29) is 5.56 Å². The summed E-state index contributed by atoms with van der Waals surface area (Å²) in [5, 5.41) is 20.3. The third-order valence-corrected chi connectivity index (χ3v) is 3.34. The van der Waals surface area contributed by atoms with E-state index in [4.69, 9.17) is 14.9 Å². The van der Waals surface area contributed by atoms with Crippen molar-refractivity contribution in [3.05, 3.63) is 54.1 Å². The number of methoxy groups -OCH3 is 1. The maximum atomic E-state index is 12.4. The fourth-order valence-corrected chi connectivity index (χ4v) is 2.21. The van der Waals surface area contributed by atoms with Crippen LogP contribution >= 0.6 is 0 Å². The maximum absolute atomic E-state index is 12.4. The number of aliphatic carboxylic acids is 1. The molecule has 0 saturated carbocycles. The number of nitrogens with one attached hydrogen (secondary N) is 1. The Morgan fingerprint density at radius 2 is 1.83 bits per heavy atom. The van der Waals surface area contributed by atoms with Gasteiger partial charge in [-0.2, -0.15) is 0 Å². The van der Waals surface area contributed by atoms with Crippen LogP contribution in [0.15, 0.2) is 48.5 Å². The number of hydrogen-bond donors (Lipinski definition) is 3. The van der Waals surface area contributed by atoms with Crippen molar-refractivity contribution in [2.75, 3.05) is 13.7 Å². The summed E-state index contributed by atoms with van der Waals surface area (Å²) in [6, 6.07) is 12.8. The number of aliphatic hydroxyl groups is 1. The summed E-state index contributed by atoms with van der Waals surface area (Å²) < 4.78 is 5.32. The molecule has 0 unspecified atom stereocenters. The summed E-state index contributed by atoms with van der Waals surface area (Å²) in [4.78, 5) is 23.4. The highest BCUT2D eigenvalue weighted by atomic mass is 16.5. The van der Waals surface area contributed by atoms with Crippen molar-refractivity contribution in [2.45, 2.75) is 6.04 Å². The van der Waals surface area contributed by atoms with Crippen molar-refractivity contribution in [1.29, 1.82) is 0 Å². The second-order valence-corrected chi connectivity index (χ2v) is 4.80. The number of carboxylic acid groups (broad SMARTS) is 1. The molecule has 3 N–H and O–H groups in total. The highest BCUT2D eigenvalue weighted by Gasteiger charge is 2.23. The third kappa shape index (κ3) is 3.67. The quantitative estimate of drug-likeness (QED) is 0.751. The predicted octanol–water partition coefficient (Wildman–Crippen LogP) is 1.54. The van der Waals surface area contributed by atoms with Crippen LogP contribution in [-0.2, 0) is 4.79 Å². The molecule has 2 aromatic carbocycles. The van der Waals surface area contributed by atoms with Gasteiger partial charge in [-0.3, -0.25) is 4.79 Å². The Bertz CT molecular complexity index is 699. The number of carbonyl (C=O) groups excluding carboxylic acids is 1. The van der Waals surface area contributed by atoms with Crippen LogP contribution in [0.2, 0.25) is 0 Å². The van der Waals surface area contributed by atoms with Gasteiger partial charge in [0.15, 0.2) is 6.04 Å². The molecule has 6 nitrogen and oxygen atoms in total. The summed E-state index contributed by atoms with van der Waals surface area (Å²) in [6.45, 7) is -0.689. The van der Waals surface area contributed by atoms with E-state index in [2.05, 4.69) is 5.32 Å². The molecule has 120 valence electrons. The zero-order valence-corrected chi connectivity index (χ0v) is 12.5. The van der Waals surface area contributed by atoms with E-state index < -0.39 is 24.5 Å². The molecule has 0 aliphatic heterocycles. The average Bonchev–Trinajstić information content (AvgIpc) is 2.59. The molecule has 2 aromatic rings. The minimum Gasteiger partial charge on any atom is -0.496 e. The molecule has 0 aromatic heterocycles. The van der Waals surface area contributed by atoms with Gasteiger partial charge in [-0.25, -0.2) is 4.79 Å². The summed E-state index contributed by atoms with van der Waals surface area (Å²) in [5.41, 5.74) is 1.61. The number of carbonyl (C=O) groups is 2. The second-order valence-electron chi connectivity index (χ2n) is 4.80. The molecular formula is C17H17NO5. The largest absolute Gasteiger partial charge is 0.496 e. The summed E-state index contributed by atoms with van der Waals surface area (Å²) in [5.74, 6) is -1.39. The van der Waals surface area contributed by atoms with Crippen molar-refractivity contribution in [3.8, 4) is 16.9 Å². The van der Waals surface area contributed by atoms with E-state index in [9.17, 15) is 9.59 Å². The Balaban J connectivity index is 2.46. The molecule has 0 bridgehead atoms. The van der Waals surface area contributed by atoms with E-state index in [1.165, 1.54) is 7.11 Å². The molecular weight excluding hydrogens is 298 g/mol. The predicted molar refractivity (Wildman–Crippen MR) is 84.4 cm³/mol. The van der Waals surface area contributed by atoms with E-state index in [0.29, 0.717) is 11.3 Å². The minimum absolute atomic E-state index is 0.273. The SMILES string of the molecule is COc1cccc(C(=O)N[C@@H](CO)C(=O)O)c1-c1ccccc1. The molecule has 0 fully saturated rings. The van der Waals surface area contributed by atoms with Crippen LogP contribution in [-0.4, -0.2) is 41.8 Å². The van der Waals surface area contributed by atoms with Crippen molar-refractivity contribution >= 4 is 11.9 Å². The Labute approximate surface area is 133 Å². The van der Waals surface area contributed by atoms with E-state index in [0.717, 1.165) is 5.56 Å². The maximum Gasteiger partial charge on any atom is 0.328 e. The number of amides is 1. The second kappa shape index (κ2) is 7.42.